The number of fused-ring (bicyclic) bond motifs is 2. The Labute approximate surface area is 116 Å². The third kappa shape index (κ3) is 1.77. The molecule has 4 atom stereocenters. The second kappa shape index (κ2) is 4.54. The van der Waals surface area contributed by atoms with Gasteiger partial charge in [0.05, 0.1) is 6.61 Å². The first-order valence-electron chi connectivity index (χ1n) is 6.81. The van der Waals surface area contributed by atoms with Gasteiger partial charge in [-0.2, -0.15) is 4.98 Å². The van der Waals surface area contributed by atoms with E-state index in [1.165, 1.54) is 4.57 Å². The van der Waals surface area contributed by atoms with E-state index in [9.17, 15) is 9.90 Å². The fraction of sp³-hybridized carbons (Fsp3) is 0.692. The highest BCUT2D eigenvalue weighted by Gasteiger charge is 2.57. The molecule has 3 heterocycles. The number of nitrogens with zero attached hydrogens (tertiary/aromatic N) is 2. The van der Waals surface area contributed by atoms with Crippen LogP contribution >= 0.6 is 0 Å². The third-order valence-corrected chi connectivity index (χ3v) is 4.37. The summed E-state index contributed by atoms with van der Waals surface area (Å²) in [5, 5.41) is 10.4. The lowest BCUT2D eigenvalue weighted by Crippen LogP contribution is -2.48. The van der Waals surface area contributed by atoms with Gasteiger partial charge in [-0.3, -0.25) is 4.57 Å². The topological polar surface area (TPSA) is 99.6 Å². The smallest absolute Gasteiger partial charge is 0.351 e. The van der Waals surface area contributed by atoms with Crippen molar-refractivity contribution >= 4 is 5.82 Å². The van der Waals surface area contributed by atoms with E-state index in [0.29, 0.717) is 25.0 Å². The van der Waals surface area contributed by atoms with Gasteiger partial charge in [0.25, 0.3) is 0 Å². The Bertz CT molecular complexity index is 587. The molecule has 7 nitrogen and oxygen atoms in total. The second-order valence-corrected chi connectivity index (χ2v) is 5.46. The maximum Gasteiger partial charge on any atom is 0.351 e. The van der Waals surface area contributed by atoms with Crippen molar-refractivity contribution < 1.29 is 14.6 Å². The molecule has 0 radical (unpaired) electrons. The number of aryl methyl sites for hydroxylation is 1. The third-order valence-electron chi connectivity index (χ3n) is 4.37. The van der Waals surface area contributed by atoms with Crippen LogP contribution in [-0.2, 0) is 9.47 Å². The second-order valence-electron chi connectivity index (χ2n) is 5.46. The number of aromatic nitrogens is 2. The first-order chi connectivity index (χ1) is 9.48. The van der Waals surface area contributed by atoms with Crippen LogP contribution in [0.2, 0.25) is 0 Å². The van der Waals surface area contributed by atoms with Crippen LogP contribution in [0, 0.1) is 6.92 Å². The molecular weight excluding hydrogens is 262 g/mol. The van der Waals surface area contributed by atoms with Gasteiger partial charge in [-0.15, -0.1) is 0 Å². The van der Waals surface area contributed by atoms with Crippen LogP contribution in [0.15, 0.2) is 11.0 Å². The van der Waals surface area contributed by atoms with Crippen LogP contribution in [-0.4, -0.2) is 39.1 Å². The Kier molecular flexibility index (Phi) is 3.07. The summed E-state index contributed by atoms with van der Waals surface area (Å²) in [7, 11) is 0. The van der Waals surface area contributed by atoms with Gasteiger partial charge in [0.1, 0.15) is 23.6 Å². The van der Waals surface area contributed by atoms with E-state index in [0.717, 1.165) is 0 Å². The molecule has 110 valence electrons. The SMILES string of the molecule is CC[C@]12CCOC(C1O)[C@H](n1cc(C)c(N)nc1=O)O2. The fourth-order valence-corrected chi connectivity index (χ4v) is 3.03. The monoisotopic (exact) mass is 281 g/mol. The highest BCUT2D eigenvalue weighted by Crippen LogP contribution is 2.45. The average Bonchev–Trinajstić information content (AvgIpc) is 2.60. The van der Waals surface area contributed by atoms with Gasteiger partial charge >= 0.3 is 5.69 Å². The zero-order valence-corrected chi connectivity index (χ0v) is 11.6. The first-order valence-corrected chi connectivity index (χ1v) is 6.81. The molecule has 20 heavy (non-hydrogen) atoms. The normalized spacial score (nSPS) is 36.2. The highest BCUT2D eigenvalue weighted by atomic mass is 16.6. The molecule has 0 aliphatic carbocycles. The van der Waals surface area contributed by atoms with E-state index in [4.69, 9.17) is 15.2 Å². The quantitative estimate of drug-likeness (QED) is 0.789. The van der Waals surface area contributed by atoms with Crippen LogP contribution in [0.25, 0.3) is 0 Å². The van der Waals surface area contributed by atoms with E-state index in [2.05, 4.69) is 4.98 Å². The Balaban J connectivity index is 2.04. The summed E-state index contributed by atoms with van der Waals surface area (Å²) in [4.78, 5) is 15.8. The van der Waals surface area contributed by atoms with Gasteiger partial charge in [0.15, 0.2) is 6.23 Å². The van der Waals surface area contributed by atoms with Crippen molar-refractivity contribution in [3.05, 3.63) is 22.2 Å². The van der Waals surface area contributed by atoms with E-state index in [-0.39, 0.29) is 5.82 Å². The van der Waals surface area contributed by atoms with Crippen LogP contribution < -0.4 is 11.4 Å². The summed E-state index contributed by atoms with van der Waals surface area (Å²) in [5.41, 5.74) is 5.19. The molecule has 0 amide bonds. The van der Waals surface area contributed by atoms with E-state index < -0.39 is 29.7 Å². The van der Waals surface area contributed by atoms with Gasteiger partial charge in [0.2, 0.25) is 0 Å². The molecule has 3 N–H and O–H groups in total. The van der Waals surface area contributed by atoms with Crippen molar-refractivity contribution in [3.63, 3.8) is 0 Å². The lowest BCUT2D eigenvalue weighted by Gasteiger charge is -2.34. The zero-order valence-electron chi connectivity index (χ0n) is 11.6. The maximum atomic E-state index is 12.0. The highest BCUT2D eigenvalue weighted by molar-refractivity contribution is 5.35. The predicted molar refractivity (Wildman–Crippen MR) is 71.2 cm³/mol. The number of anilines is 1. The van der Waals surface area contributed by atoms with Gasteiger partial charge in [0, 0.05) is 18.2 Å². The van der Waals surface area contributed by atoms with Crippen LogP contribution in [0.1, 0.15) is 31.6 Å². The number of nitrogen functional groups attached to an aromatic ring is 1. The lowest BCUT2D eigenvalue weighted by molar-refractivity contribution is -0.123. The van der Waals surface area contributed by atoms with Crippen LogP contribution in [0.3, 0.4) is 0 Å². The van der Waals surface area contributed by atoms with Crippen molar-refractivity contribution in [3.8, 4) is 0 Å². The number of hydrogen-bond donors (Lipinski definition) is 2. The lowest BCUT2D eigenvalue weighted by atomic mass is 9.87. The summed E-state index contributed by atoms with van der Waals surface area (Å²) >= 11 is 0. The number of ether oxygens (including phenoxy) is 2. The van der Waals surface area contributed by atoms with Gasteiger partial charge in [-0.05, 0) is 13.3 Å². The van der Waals surface area contributed by atoms with E-state index in [1.54, 1.807) is 13.1 Å². The number of hydrogen-bond acceptors (Lipinski definition) is 6. The molecule has 0 aromatic carbocycles. The molecule has 1 aromatic rings. The summed E-state index contributed by atoms with van der Waals surface area (Å²) in [6.45, 7) is 4.25. The van der Waals surface area contributed by atoms with Crippen molar-refractivity contribution in [2.75, 3.05) is 12.3 Å². The van der Waals surface area contributed by atoms with Crippen molar-refractivity contribution in [2.45, 2.75) is 50.7 Å². The molecule has 2 saturated heterocycles. The Hall–Kier alpha value is -1.44. The number of nitrogens with two attached hydrogens (primary N) is 1. The number of aliphatic hydroxyl groups excluding tert-OH is 1. The minimum absolute atomic E-state index is 0.207. The zero-order chi connectivity index (χ0) is 14.5. The summed E-state index contributed by atoms with van der Waals surface area (Å²) in [5.74, 6) is 0.207. The molecule has 2 aliphatic rings. The summed E-state index contributed by atoms with van der Waals surface area (Å²) in [6, 6.07) is 0. The van der Waals surface area contributed by atoms with Crippen molar-refractivity contribution in [2.24, 2.45) is 0 Å². The average molecular weight is 281 g/mol. The van der Waals surface area contributed by atoms with Crippen molar-refractivity contribution in [1.82, 2.24) is 9.55 Å². The molecule has 2 aliphatic heterocycles. The Morgan fingerprint density at radius 2 is 2.40 bits per heavy atom. The Morgan fingerprint density at radius 3 is 3.05 bits per heavy atom. The van der Waals surface area contributed by atoms with Crippen molar-refractivity contribution in [1.29, 1.82) is 0 Å². The standard InChI is InChI=1S/C13H19N3O4/c1-3-13-4-5-19-8(9(13)17)11(20-13)16-6-7(2)10(14)15-12(16)18/h6,8-9,11,17H,3-5H2,1-2H3,(H2,14,15,18)/t8?,9?,11-,13+/m1/s1. The molecule has 2 bridgehead atoms. The maximum absolute atomic E-state index is 12.0. The van der Waals surface area contributed by atoms with Gasteiger partial charge in [-0.25, -0.2) is 4.79 Å². The molecule has 0 saturated carbocycles. The summed E-state index contributed by atoms with van der Waals surface area (Å²) < 4.78 is 13.0. The van der Waals surface area contributed by atoms with E-state index >= 15 is 0 Å². The van der Waals surface area contributed by atoms with Crippen LogP contribution in [0.5, 0.6) is 0 Å². The number of aliphatic hydroxyl groups is 1. The molecule has 2 fully saturated rings. The largest absolute Gasteiger partial charge is 0.387 e. The molecule has 0 spiro atoms. The Morgan fingerprint density at radius 1 is 1.65 bits per heavy atom. The molecule has 2 unspecified atom stereocenters. The minimum Gasteiger partial charge on any atom is -0.387 e. The fourth-order valence-electron chi connectivity index (χ4n) is 3.03. The predicted octanol–water partition coefficient (Wildman–Crippen LogP) is -0.0387. The van der Waals surface area contributed by atoms with Gasteiger partial charge in [-0.1, -0.05) is 6.92 Å². The molecule has 3 rings (SSSR count). The minimum atomic E-state index is -0.740. The van der Waals surface area contributed by atoms with Crippen LogP contribution in [0.4, 0.5) is 5.82 Å². The summed E-state index contributed by atoms with van der Waals surface area (Å²) in [6.07, 6.45) is 0.943. The molecule has 1 aromatic heterocycles. The molecular formula is C13H19N3O4. The number of rotatable bonds is 2. The van der Waals surface area contributed by atoms with E-state index in [1.807, 2.05) is 6.92 Å². The van der Waals surface area contributed by atoms with Gasteiger partial charge < -0.3 is 20.3 Å². The molecule has 7 heteroatoms. The first kappa shape index (κ1) is 13.5.